The molecule has 0 bridgehead atoms. The summed E-state index contributed by atoms with van der Waals surface area (Å²) in [6, 6.07) is 2.26. The molecular formula is C14H20N4S. The smallest absolute Gasteiger partial charge is 0.131 e. The summed E-state index contributed by atoms with van der Waals surface area (Å²) in [5, 5.41) is 10.0. The second-order valence-electron chi connectivity index (χ2n) is 5.08. The van der Waals surface area contributed by atoms with E-state index in [1.54, 1.807) is 4.88 Å². The van der Waals surface area contributed by atoms with Crippen molar-refractivity contribution in [3.63, 3.8) is 0 Å². The van der Waals surface area contributed by atoms with Gasteiger partial charge >= 0.3 is 0 Å². The fourth-order valence-electron chi connectivity index (χ4n) is 2.90. The Morgan fingerprint density at radius 3 is 3.11 bits per heavy atom. The first-order valence-electron chi connectivity index (χ1n) is 6.68. The lowest BCUT2D eigenvalue weighted by atomic mass is 10.1. The highest BCUT2D eigenvalue weighted by atomic mass is 32.1. The van der Waals surface area contributed by atoms with Gasteiger partial charge in [-0.1, -0.05) is 0 Å². The molecule has 0 amide bonds. The zero-order chi connectivity index (χ0) is 13.4. The van der Waals surface area contributed by atoms with E-state index in [9.17, 15) is 0 Å². The summed E-state index contributed by atoms with van der Waals surface area (Å²) in [5.41, 5.74) is 3.93. The van der Waals surface area contributed by atoms with Crippen LogP contribution in [-0.4, -0.2) is 23.4 Å². The molecular weight excluding hydrogens is 256 g/mol. The molecule has 0 spiro atoms. The molecule has 1 aliphatic rings. The number of rotatable bonds is 3. The summed E-state index contributed by atoms with van der Waals surface area (Å²) in [6.45, 7) is 5.07. The number of aryl methyl sites for hydroxylation is 2. The Morgan fingerprint density at radius 2 is 2.32 bits per heavy atom. The molecule has 4 nitrogen and oxygen atoms in total. The standard InChI is InChI=1S/C14H20N4S/c1-10-12(8-15-2)14(17(3)16-10)18-6-4-13-11(9-18)5-7-19-13/h5,7,15H,4,6,8-9H2,1-3H3. The molecule has 0 atom stereocenters. The van der Waals surface area contributed by atoms with Crippen molar-refractivity contribution in [1.29, 1.82) is 0 Å². The van der Waals surface area contributed by atoms with E-state index >= 15 is 0 Å². The highest BCUT2D eigenvalue weighted by Crippen LogP contribution is 2.30. The molecule has 0 unspecified atom stereocenters. The molecule has 2 aromatic rings. The number of nitrogens with one attached hydrogen (secondary N) is 1. The second kappa shape index (κ2) is 4.98. The maximum Gasteiger partial charge on any atom is 0.131 e. The van der Waals surface area contributed by atoms with Gasteiger partial charge in [0.1, 0.15) is 5.82 Å². The Bertz CT molecular complexity index is 584. The van der Waals surface area contributed by atoms with E-state index in [0.29, 0.717) is 0 Å². The molecule has 19 heavy (non-hydrogen) atoms. The Kier molecular flexibility index (Phi) is 3.33. The number of thiophene rings is 1. The molecule has 2 aromatic heterocycles. The van der Waals surface area contributed by atoms with E-state index in [-0.39, 0.29) is 0 Å². The van der Waals surface area contributed by atoms with Crippen LogP contribution in [-0.2, 0) is 26.6 Å². The predicted molar refractivity (Wildman–Crippen MR) is 79.8 cm³/mol. The van der Waals surface area contributed by atoms with Crippen molar-refractivity contribution in [2.45, 2.75) is 26.4 Å². The SMILES string of the molecule is CNCc1c(C)nn(C)c1N1CCc2sccc2C1. The van der Waals surface area contributed by atoms with Gasteiger partial charge in [-0.3, -0.25) is 4.68 Å². The fraction of sp³-hybridized carbons (Fsp3) is 0.500. The maximum atomic E-state index is 4.59. The molecule has 1 aliphatic heterocycles. The zero-order valence-electron chi connectivity index (χ0n) is 11.7. The molecule has 3 rings (SSSR count). The van der Waals surface area contributed by atoms with Crippen molar-refractivity contribution in [2.24, 2.45) is 7.05 Å². The average Bonchev–Trinajstić information content (AvgIpc) is 2.94. The lowest BCUT2D eigenvalue weighted by molar-refractivity contribution is 0.669. The van der Waals surface area contributed by atoms with Crippen molar-refractivity contribution >= 4 is 17.2 Å². The first-order chi connectivity index (χ1) is 9.20. The monoisotopic (exact) mass is 276 g/mol. The Hall–Kier alpha value is -1.33. The Labute approximate surface area is 118 Å². The zero-order valence-corrected chi connectivity index (χ0v) is 12.5. The summed E-state index contributed by atoms with van der Waals surface area (Å²) in [4.78, 5) is 4.01. The van der Waals surface area contributed by atoms with Gasteiger partial charge in [0.25, 0.3) is 0 Å². The topological polar surface area (TPSA) is 33.1 Å². The average molecular weight is 276 g/mol. The molecule has 0 fully saturated rings. The van der Waals surface area contributed by atoms with Crippen LogP contribution in [0.25, 0.3) is 0 Å². The van der Waals surface area contributed by atoms with E-state index in [0.717, 1.165) is 31.7 Å². The Morgan fingerprint density at radius 1 is 1.47 bits per heavy atom. The summed E-state index contributed by atoms with van der Waals surface area (Å²) in [6.07, 6.45) is 1.15. The third kappa shape index (κ3) is 2.17. The molecule has 102 valence electrons. The lowest BCUT2D eigenvalue weighted by Crippen LogP contribution is -2.32. The number of aromatic nitrogens is 2. The van der Waals surface area contributed by atoms with Crippen LogP contribution in [0.2, 0.25) is 0 Å². The highest BCUT2D eigenvalue weighted by Gasteiger charge is 2.23. The number of hydrogen-bond acceptors (Lipinski definition) is 4. The van der Waals surface area contributed by atoms with E-state index in [4.69, 9.17) is 0 Å². The lowest BCUT2D eigenvalue weighted by Gasteiger charge is -2.29. The number of nitrogens with zero attached hydrogens (tertiary/aromatic N) is 3. The summed E-state index contributed by atoms with van der Waals surface area (Å²) < 4.78 is 2.03. The third-order valence-corrected chi connectivity index (χ3v) is 4.80. The van der Waals surface area contributed by atoms with Crippen LogP contribution in [0.4, 0.5) is 5.82 Å². The minimum Gasteiger partial charge on any atom is -0.352 e. The van der Waals surface area contributed by atoms with Gasteiger partial charge in [-0.15, -0.1) is 11.3 Å². The largest absolute Gasteiger partial charge is 0.352 e. The Balaban J connectivity index is 1.95. The van der Waals surface area contributed by atoms with E-state index in [2.05, 4.69) is 33.7 Å². The quantitative estimate of drug-likeness (QED) is 0.931. The van der Waals surface area contributed by atoms with Crippen molar-refractivity contribution in [2.75, 3.05) is 18.5 Å². The minimum absolute atomic E-state index is 0.877. The summed E-state index contributed by atoms with van der Waals surface area (Å²) >= 11 is 1.89. The first-order valence-corrected chi connectivity index (χ1v) is 7.56. The van der Waals surface area contributed by atoms with Crippen LogP contribution in [0, 0.1) is 6.92 Å². The van der Waals surface area contributed by atoms with Gasteiger partial charge in [0, 0.05) is 37.1 Å². The van der Waals surface area contributed by atoms with Crippen LogP contribution in [0.3, 0.4) is 0 Å². The molecule has 1 N–H and O–H groups in total. The number of hydrogen-bond donors (Lipinski definition) is 1. The second-order valence-corrected chi connectivity index (χ2v) is 6.08. The molecule has 0 saturated carbocycles. The van der Waals surface area contributed by atoms with Crippen LogP contribution in [0.15, 0.2) is 11.4 Å². The van der Waals surface area contributed by atoms with Crippen LogP contribution < -0.4 is 10.2 Å². The van der Waals surface area contributed by atoms with Gasteiger partial charge in [0.15, 0.2) is 0 Å². The van der Waals surface area contributed by atoms with E-state index in [1.807, 2.05) is 30.1 Å². The first kappa shape index (κ1) is 12.7. The number of fused-ring (bicyclic) bond motifs is 1. The van der Waals surface area contributed by atoms with Crippen molar-refractivity contribution < 1.29 is 0 Å². The maximum absolute atomic E-state index is 4.59. The number of anilines is 1. The molecule has 0 saturated heterocycles. The van der Waals surface area contributed by atoms with Crippen LogP contribution in [0.1, 0.15) is 21.7 Å². The van der Waals surface area contributed by atoms with Crippen molar-refractivity contribution in [3.8, 4) is 0 Å². The highest BCUT2D eigenvalue weighted by molar-refractivity contribution is 7.10. The van der Waals surface area contributed by atoms with Gasteiger partial charge in [0.2, 0.25) is 0 Å². The van der Waals surface area contributed by atoms with Crippen LogP contribution >= 0.6 is 11.3 Å². The molecule has 0 aromatic carbocycles. The van der Waals surface area contributed by atoms with E-state index < -0.39 is 0 Å². The summed E-state index contributed by atoms with van der Waals surface area (Å²) in [7, 11) is 4.04. The summed E-state index contributed by atoms with van der Waals surface area (Å²) in [5.74, 6) is 1.27. The third-order valence-electron chi connectivity index (χ3n) is 3.77. The molecule has 0 radical (unpaired) electrons. The van der Waals surface area contributed by atoms with Gasteiger partial charge in [-0.25, -0.2) is 0 Å². The van der Waals surface area contributed by atoms with Gasteiger partial charge in [0.05, 0.1) is 5.69 Å². The molecule has 3 heterocycles. The molecule has 5 heteroatoms. The van der Waals surface area contributed by atoms with Crippen molar-refractivity contribution in [3.05, 3.63) is 33.1 Å². The van der Waals surface area contributed by atoms with Gasteiger partial charge in [-0.2, -0.15) is 5.10 Å². The van der Waals surface area contributed by atoms with Crippen LogP contribution in [0.5, 0.6) is 0 Å². The van der Waals surface area contributed by atoms with Crippen molar-refractivity contribution in [1.82, 2.24) is 15.1 Å². The fourth-order valence-corrected chi connectivity index (χ4v) is 3.79. The normalized spacial score (nSPS) is 14.8. The van der Waals surface area contributed by atoms with Gasteiger partial charge in [-0.05, 0) is 37.4 Å². The van der Waals surface area contributed by atoms with Gasteiger partial charge < -0.3 is 10.2 Å². The molecule has 0 aliphatic carbocycles. The minimum atomic E-state index is 0.877. The predicted octanol–water partition coefficient (Wildman–Crippen LogP) is 2.07. The van der Waals surface area contributed by atoms with E-state index in [1.165, 1.54) is 16.9 Å².